The number of thioether (sulfide) groups is 1. The molecule has 2 aliphatic heterocycles. The molecule has 0 bridgehead atoms. The average Bonchev–Trinajstić information content (AvgIpc) is 3.18. The van der Waals surface area contributed by atoms with Crippen molar-refractivity contribution in [2.24, 2.45) is 0 Å². The summed E-state index contributed by atoms with van der Waals surface area (Å²) in [4.78, 5) is 11.9. The number of fused-ring (bicyclic) bond motifs is 1. The molecule has 0 amide bonds. The summed E-state index contributed by atoms with van der Waals surface area (Å²) >= 11 is 2.11. The first-order valence-electron chi connectivity index (χ1n) is 7.93. The monoisotopic (exact) mass is 302 g/mol. The summed E-state index contributed by atoms with van der Waals surface area (Å²) in [7, 11) is 2.21. The van der Waals surface area contributed by atoms with Crippen molar-refractivity contribution < 1.29 is 0 Å². The molecule has 2 atom stereocenters. The Morgan fingerprint density at radius 1 is 1.38 bits per heavy atom. The Balaban J connectivity index is 1.73. The molecule has 4 rings (SSSR count). The minimum Gasteiger partial charge on any atom is -0.308 e. The van der Waals surface area contributed by atoms with Gasteiger partial charge in [0.25, 0.3) is 0 Å². The van der Waals surface area contributed by atoms with Crippen LogP contribution in [0.4, 0.5) is 0 Å². The lowest BCUT2D eigenvalue weighted by Crippen LogP contribution is -2.19. The van der Waals surface area contributed by atoms with Crippen LogP contribution in [-0.4, -0.2) is 50.6 Å². The van der Waals surface area contributed by atoms with E-state index in [9.17, 15) is 0 Å². The Morgan fingerprint density at radius 3 is 3.10 bits per heavy atom. The summed E-state index contributed by atoms with van der Waals surface area (Å²) < 4.78 is 2.44. The van der Waals surface area contributed by atoms with Crippen molar-refractivity contribution in [2.45, 2.75) is 37.0 Å². The Labute approximate surface area is 129 Å². The molecular weight excluding hydrogens is 280 g/mol. The molecule has 2 unspecified atom stereocenters. The van der Waals surface area contributed by atoms with E-state index in [1.807, 2.05) is 12.3 Å². The van der Waals surface area contributed by atoms with Crippen LogP contribution in [0.3, 0.4) is 0 Å². The number of aromatic nitrogens is 3. The van der Waals surface area contributed by atoms with Crippen LogP contribution >= 0.6 is 11.8 Å². The zero-order valence-electron chi connectivity index (χ0n) is 12.5. The van der Waals surface area contributed by atoms with Crippen molar-refractivity contribution in [1.29, 1.82) is 0 Å². The fourth-order valence-corrected chi connectivity index (χ4v) is 4.90. The minimum atomic E-state index is 0.538. The van der Waals surface area contributed by atoms with E-state index >= 15 is 0 Å². The van der Waals surface area contributed by atoms with Crippen LogP contribution in [0, 0.1) is 0 Å². The van der Waals surface area contributed by atoms with Gasteiger partial charge in [-0.2, -0.15) is 11.8 Å². The first-order valence-corrected chi connectivity index (χ1v) is 8.98. The number of likely N-dealkylation sites (tertiary alicyclic amines) is 1. The molecule has 112 valence electrons. The van der Waals surface area contributed by atoms with E-state index in [1.165, 1.54) is 37.4 Å². The van der Waals surface area contributed by atoms with E-state index in [-0.39, 0.29) is 0 Å². The van der Waals surface area contributed by atoms with Crippen LogP contribution in [0.15, 0.2) is 18.3 Å². The second-order valence-corrected chi connectivity index (χ2v) is 7.70. The van der Waals surface area contributed by atoms with Crippen LogP contribution in [0.2, 0.25) is 0 Å². The number of likely N-dealkylation sites (N-methyl/N-ethyl adjacent to an activating group) is 1. The Bertz CT molecular complexity index is 632. The van der Waals surface area contributed by atoms with Crippen molar-refractivity contribution in [3.63, 3.8) is 0 Å². The number of pyridine rings is 1. The summed E-state index contributed by atoms with van der Waals surface area (Å²) in [5, 5.41) is 0.750. The third kappa shape index (κ3) is 2.57. The molecule has 21 heavy (non-hydrogen) atoms. The van der Waals surface area contributed by atoms with Gasteiger partial charge in [-0.1, -0.05) is 0 Å². The summed E-state index contributed by atoms with van der Waals surface area (Å²) in [6.45, 7) is 2.29. The Hall–Kier alpha value is -1.07. The second kappa shape index (κ2) is 5.61. The van der Waals surface area contributed by atoms with Crippen LogP contribution < -0.4 is 0 Å². The number of hydrogen-bond donors (Lipinski definition) is 0. The lowest BCUT2D eigenvalue weighted by molar-refractivity contribution is 0.391. The van der Waals surface area contributed by atoms with Crippen molar-refractivity contribution in [3.05, 3.63) is 24.2 Å². The molecule has 2 aromatic rings. The summed E-state index contributed by atoms with van der Waals surface area (Å²) in [6, 6.07) is 4.63. The molecule has 2 aliphatic rings. The van der Waals surface area contributed by atoms with E-state index < -0.39 is 0 Å². The molecule has 0 spiro atoms. The molecule has 0 aliphatic carbocycles. The minimum absolute atomic E-state index is 0.538. The quantitative estimate of drug-likeness (QED) is 0.873. The molecule has 4 nitrogen and oxygen atoms in total. The smallest absolute Gasteiger partial charge is 0.160 e. The number of rotatable bonds is 3. The Morgan fingerprint density at radius 2 is 2.33 bits per heavy atom. The first kappa shape index (κ1) is 13.6. The van der Waals surface area contributed by atoms with Gasteiger partial charge in [-0.3, -0.25) is 0 Å². The van der Waals surface area contributed by atoms with Crippen LogP contribution in [-0.2, 0) is 6.42 Å². The highest BCUT2D eigenvalue weighted by Crippen LogP contribution is 2.32. The Kier molecular flexibility index (Phi) is 3.63. The summed E-state index contributed by atoms with van der Waals surface area (Å²) in [5.74, 6) is 2.57. The van der Waals surface area contributed by atoms with Gasteiger partial charge in [-0.05, 0) is 50.7 Å². The average molecular weight is 302 g/mol. The fourth-order valence-electron chi connectivity index (χ4n) is 3.64. The molecule has 5 heteroatoms. The molecule has 0 N–H and O–H groups in total. The number of imidazole rings is 1. The first-order chi connectivity index (χ1) is 10.3. The van der Waals surface area contributed by atoms with E-state index in [2.05, 4.69) is 39.3 Å². The molecule has 0 radical (unpaired) electrons. The van der Waals surface area contributed by atoms with Crippen molar-refractivity contribution >= 4 is 22.9 Å². The highest BCUT2D eigenvalue weighted by atomic mass is 32.2. The van der Waals surface area contributed by atoms with Gasteiger partial charge in [-0.15, -0.1) is 0 Å². The lowest BCUT2D eigenvalue weighted by Gasteiger charge is -2.17. The van der Waals surface area contributed by atoms with Gasteiger partial charge >= 0.3 is 0 Å². The normalized spacial score (nSPS) is 26.9. The van der Waals surface area contributed by atoms with Gasteiger partial charge in [0.2, 0.25) is 0 Å². The van der Waals surface area contributed by atoms with Gasteiger partial charge in [0.1, 0.15) is 11.3 Å². The zero-order chi connectivity index (χ0) is 14.2. The third-order valence-corrected chi connectivity index (χ3v) is 6.09. The van der Waals surface area contributed by atoms with Gasteiger partial charge in [0, 0.05) is 24.4 Å². The summed E-state index contributed by atoms with van der Waals surface area (Å²) in [5.41, 5.74) is 2.14. The van der Waals surface area contributed by atoms with Crippen molar-refractivity contribution in [2.75, 3.05) is 25.9 Å². The predicted octanol–water partition coefficient (Wildman–Crippen LogP) is 2.75. The third-order valence-electron chi connectivity index (χ3n) is 4.69. The van der Waals surface area contributed by atoms with Crippen LogP contribution in [0.1, 0.15) is 31.1 Å². The second-order valence-electron chi connectivity index (χ2n) is 6.29. The molecule has 2 aromatic heterocycles. The zero-order valence-corrected chi connectivity index (χ0v) is 13.4. The largest absolute Gasteiger partial charge is 0.308 e. The SMILES string of the molecule is CN1CCC(n2c(CC3CCCS3)nc3cccnc32)C1. The van der Waals surface area contributed by atoms with Crippen LogP contribution in [0.25, 0.3) is 11.2 Å². The predicted molar refractivity (Wildman–Crippen MR) is 87.9 cm³/mol. The maximum absolute atomic E-state index is 4.91. The number of hydrogen-bond acceptors (Lipinski definition) is 4. The lowest BCUT2D eigenvalue weighted by atomic mass is 10.2. The highest BCUT2D eigenvalue weighted by molar-refractivity contribution is 8.00. The molecule has 0 aromatic carbocycles. The molecule has 4 heterocycles. The molecule has 2 saturated heterocycles. The maximum Gasteiger partial charge on any atom is 0.160 e. The van der Waals surface area contributed by atoms with Crippen molar-refractivity contribution in [3.8, 4) is 0 Å². The topological polar surface area (TPSA) is 34.0 Å². The molecule has 0 saturated carbocycles. The van der Waals surface area contributed by atoms with E-state index in [1.54, 1.807) is 0 Å². The summed E-state index contributed by atoms with van der Waals surface area (Å²) in [6.07, 6.45) is 6.91. The van der Waals surface area contributed by atoms with Gasteiger partial charge in [-0.25, -0.2) is 9.97 Å². The van der Waals surface area contributed by atoms with Gasteiger partial charge in [0.05, 0.1) is 6.04 Å². The molecular formula is C16H22N4S. The van der Waals surface area contributed by atoms with Gasteiger partial charge < -0.3 is 9.47 Å². The highest BCUT2D eigenvalue weighted by Gasteiger charge is 2.27. The maximum atomic E-state index is 4.91. The van der Waals surface area contributed by atoms with E-state index in [0.29, 0.717) is 6.04 Å². The fraction of sp³-hybridized carbons (Fsp3) is 0.625. The van der Waals surface area contributed by atoms with Crippen molar-refractivity contribution in [1.82, 2.24) is 19.4 Å². The van der Waals surface area contributed by atoms with Crippen LogP contribution in [0.5, 0.6) is 0 Å². The van der Waals surface area contributed by atoms with Gasteiger partial charge in [0.15, 0.2) is 5.65 Å². The molecule has 2 fully saturated rings. The van der Waals surface area contributed by atoms with E-state index in [4.69, 9.17) is 4.98 Å². The standard InChI is InChI=1S/C16H22N4S/c1-19-8-6-12(11-19)20-15(10-13-4-3-9-21-13)18-14-5-2-7-17-16(14)20/h2,5,7,12-13H,3-4,6,8-11H2,1H3. The van der Waals surface area contributed by atoms with E-state index in [0.717, 1.165) is 29.4 Å². The number of nitrogens with zero attached hydrogens (tertiary/aromatic N) is 4.